The van der Waals surface area contributed by atoms with Gasteiger partial charge < -0.3 is 9.88 Å². The van der Waals surface area contributed by atoms with Crippen molar-refractivity contribution >= 4 is 17.2 Å². The topological polar surface area (TPSA) is 59.8 Å². The fraction of sp³-hybridized carbons (Fsp3) is 0.133. The van der Waals surface area contributed by atoms with Crippen LogP contribution < -0.4 is 5.32 Å². The zero-order valence-corrected chi connectivity index (χ0v) is 12.3. The van der Waals surface area contributed by atoms with Gasteiger partial charge in [-0.2, -0.15) is 0 Å². The maximum atomic E-state index is 12.0. The molecular formula is C15H14N4OS. The van der Waals surface area contributed by atoms with E-state index in [-0.39, 0.29) is 5.91 Å². The summed E-state index contributed by atoms with van der Waals surface area (Å²) in [4.78, 5) is 20.5. The Kier molecular flexibility index (Phi) is 3.79. The lowest BCUT2D eigenvalue weighted by Gasteiger charge is -2.04. The van der Waals surface area contributed by atoms with Crippen molar-refractivity contribution in [3.05, 3.63) is 58.9 Å². The Bertz CT molecular complexity index is 748. The van der Waals surface area contributed by atoms with Crippen LogP contribution in [-0.4, -0.2) is 20.4 Å². The van der Waals surface area contributed by atoms with Crippen molar-refractivity contribution in [2.75, 3.05) is 0 Å². The average molecular weight is 298 g/mol. The molecule has 3 rings (SSSR count). The molecule has 5 nitrogen and oxygen atoms in total. The second kappa shape index (κ2) is 5.88. The molecule has 0 atom stereocenters. The fourth-order valence-electron chi connectivity index (χ4n) is 1.99. The summed E-state index contributed by atoms with van der Waals surface area (Å²) in [5, 5.41) is 5.75. The van der Waals surface area contributed by atoms with Crippen molar-refractivity contribution in [3.63, 3.8) is 0 Å². The molecule has 0 aromatic carbocycles. The van der Waals surface area contributed by atoms with Crippen molar-refractivity contribution in [2.45, 2.75) is 6.54 Å². The summed E-state index contributed by atoms with van der Waals surface area (Å²) in [6.07, 6.45) is 5.33. The molecule has 3 heterocycles. The van der Waals surface area contributed by atoms with E-state index in [9.17, 15) is 4.79 Å². The van der Waals surface area contributed by atoms with Crippen LogP contribution in [-0.2, 0) is 13.6 Å². The molecule has 0 radical (unpaired) electrons. The molecule has 0 aliphatic heterocycles. The van der Waals surface area contributed by atoms with E-state index < -0.39 is 0 Å². The normalized spacial score (nSPS) is 10.5. The van der Waals surface area contributed by atoms with E-state index >= 15 is 0 Å². The Balaban J connectivity index is 1.66. The first-order chi connectivity index (χ1) is 10.2. The largest absolute Gasteiger partial charge is 0.347 e. The van der Waals surface area contributed by atoms with Crippen molar-refractivity contribution in [2.24, 2.45) is 7.05 Å². The molecular weight excluding hydrogens is 284 g/mol. The number of carbonyl (C=O) groups is 1. The lowest BCUT2D eigenvalue weighted by Crippen LogP contribution is -2.24. The first-order valence-corrected chi connectivity index (χ1v) is 7.36. The van der Waals surface area contributed by atoms with Crippen molar-refractivity contribution < 1.29 is 4.79 Å². The van der Waals surface area contributed by atoms with E-state index in [0.717, 1.165) is 16.3 Å². The summed E-state index contributed by atoms with van der Waals surface area (Å²) in [6.45, 7) is 0.430. The first kappa shape index (κ1) is 13.5. The minimum Gasteiger partial charge on any atom is -0.347 e. The number of thiazole rings is 1. The summed E-state index contributed by atoms with van der Waals surface area (Å²) in [7, 11) is 1.85. The van der Waals surface area contributed by atoms with Gasteiger partial charge in [0.15, 0.2) is 0 Å². The summed E-state index contributed by atoms with van der Waals surface area (Å²) in [5.74, 6) is -0.0943. The van der Waals surface area contributed by atoms with Gasteiger partial charge in [0, 0.05) is 36.6 Å². The minimum absolute atomic E-state index is 0.0943. The SMILES string of the molecule is Cn1cccc1C(=O)NCc1nc(-c2ccncc2)cs1. The number of aromatic nitrogens is 3. The number of rotatable bonds is 4. The standard InChI is InChI=1S/C15H14N4OS/c1-19-8-2-3-13(19)15(20)17-9-14-18-12(10-21-14)11-4-6-16-7-5-11/h2-8,10H,9H2,1H3,(H,17,20). The predicted molar refractivity (Wildman–Crippen MR) is 81.9 cm³/mol. The lowest BCUT2D eigenvalue weighted by atomic mass is 10.2. The average Bonchev–Trinajstić information content (AvgIpc) is 3.15. The predicted octanol–water partition coefficient (Wildman–Crippen LogP) is 2.47. The Morgan fingerprint density at radius 3 is 2.86 bits per heavy atom. The highest BCUT2D eigenvalue weighted by molar-refractivity contribution is 7.09. The molecule has 0 saturated carbocycles. The number of hydrogen-bond acceptors (Lipinski definition) is 4. The highest BCUT2D eigenvalue weighted by Crippen LogP contribution is 2.20. The highest BCUT2D eigenvalue weighted by Gasteiger charge is 2.10. The minimum atomic E-state index is -0.0943. The van der Waals surface area contributed by atoms with Crippen LogP contribution in [0.2, 0.25) is 0 Å². The van der Waals surface area contributed by atoms with Gasteiger partial charge in [-0.3, -0.25) is 9.78 Å². The smallest absolute Gasteiger partial charge is 0.268 e. The van der Waals surface area contributed by atoms with Gasteiger partial charge in [-0.25, -0.2) is 4.98 Å². The van der Waals surface area contributed by atoms with Crippen LogP contribution in [0.15, 0.2) is 48.2 Å². The van der Waals surface area contributed by atoms with Gasteiger partial charge >= 0.3 is 0 Å². The maximum absolute atomic E-state index is 12.0. The van der Waals surface area contributed by atoms with Crippen molar-refractivity contribution in [1.82, 2.24) is 19.9 Å². The fourth-order valence-corrected chi connectivity index (χ4v) is 2.73. The quantitative estimate of drug-likeness (QED) is 0.805. The van der Waals surface area contributed by atoms with E-state index in [0.29, 0.717) is 12.2 Å². The van der Waals surface area contributed by atoms with Crippen LogP contribution in [0.5, 0.6) is 0 Å². The second-order valence-corrected chi connectivity index (χ2v) is 5.49. The van der Waals surface area contributed by atoms with Gasteiger partial charge in [-0.1, -0.05) is 0 Å². The van der Waals surface area contributed by atoms with E-state index in [2.05, 4.69) is 15.3 Å². The molecule has 1 amide bonds. The van der Waals surface area contributed by atoms with Crippen LogP contribution >= 0.6 is 11.3 Å². The molecule has 0 aliphatic rings. The molecule has 3 aromatic rings. The Labute approximate surface area is 126 Å². The Morgan fingerprint density at radius 2 is 2.14 bits per heavy atom. The molecule has 1 N–H and O–H groups in total. The molecule has 6 heteroatoms. The zero-order valence-electron chi connectivity index (χ0n) is 11.5. The molecule has 0 unspecified atom stereocenters. The number of hydrogen-bond donors (Lipinski definition) is 1. The summed E-state index contributed by atoms with van der Waals surface area (Å²) >= 11 is 1.53. The Morgan fingerprint density at radius 1 is 1.33 bits per heavy atom. The van der Waals surface area contributed by atoms with E-state index in [1.807, 2.05) is 36.8 Å². The summed E-state index contributed by atoms with van der Waals surface area (Å²) in [6, 6.07) is 7.47. The monoisotopic (exact) mass is 298 g/mol. The van der Waals surface area contributed by atoms with Gasteiger partial charge in [-0.05, 0) is 24.3 Å². The van der Waals surface area contributed by atoms with E-state index in [1.165, 1.54) is 11.3 Å². The molecule has 0 aliphatic carbocycles. The molecule has 21 heavy (non-hydrogen) atoms. The number of amides is 1. The van der Waals surface area contributed by atoms with E-state index in [1.54, 1.807) is 23.0 Å². The highest BCUT2D eigenvalue weighted by atomic mass is 32.1. The van der Waals surface area contributed by atoms with Gasteiger partial charge in [-0.15, -0.1) is 11.3 Å². The zero-order chi connectivity index (χ0) is 14.7. The third-order valence-electron chi connectivity index (χ3n) is 3.10. The Hall–Kier alpha value is -2.47. The molecule has 0 spiro atoms. The number of pyridine rings is 1. The van der Waals surface area contributed by atoms with Crippen LogP contribution in [0.3, 0.4) is 0 Å². The van der Waals surface area contributed by atoms with Gasteiger partial charge in [0.1, 0.15) is 10.7 Å². The lowest BCUT2D eigenvalue weighted by molar-refractivity contribution is 0.0943. The van der Waals surface area contributed by atoms with Gasteiger partial charge in [0.2, 0.25) is 0 Å². The third-order valence-corrected chi connectivity index (χ3v) is 3.95. The number of carbonyl (C=O) groups excluding carboxylic acids is 1. The molecule has 106 valence electrons. The summed E-state index contributed by atoms with van der Waals surface area (Å²) < 4.78 is 1.79. The molecule has 0 fully saturated rings. The van der Waals surface area contributed by atoms with E-state index in [4.69, 9.17) is 0 Å². The molecule has 3 aromatic heterocycles. The van der Waals surface area contributed by atoms with Crippen molar-refractivity contribution in [3.8, 4) is 11.3 Å². The van der Waals surface area contributed by atoms with Crippen LogP contribution in [0, 0.1) is 0 Å². The number of nitrogens with zero attached hydrogens (tertiary/aromatic N) is 3. The second-order valence-electron chi connectivity index (χ2n) is 4.55. The maximum Gasteiger partial charge on any atom is 0.268 e. The third kappa shape index (κ3) is 3.00. The van der Waals surface area contributed by atoms with Gasteiger partial charge in [0.25, 0.3) is 5.91 Å². The summed E-state index contributed by atoms with van der Waals surface area (Å²) in [5.41, 5.74) is 2.58. The van der Waals surface area contributed by atoms with Crippen LogP contribution in [0.4, 0.5) is 0 Å². The van der Waals surface area contributed by atoms with Crippen molar-refractivity contribution in [1.29, 1.82) is 0 Å². The van der Waals surface area contributed by atoms with Gasteiger partial charge in [0.05, 0.1) is 12.2 Å². The number of aryl methyl sites for hydroxylation is 1. The van der Waals surface area contributed by atoms with Crippen LogP contribution in [0.1, 0.15) is 15.5 Å². The first-order valence-electron chi connectivity index (χ1n) is 6.48. The molecule has 0 bridgehead atoms. The molecule has 0 saturated heterocycles. The van der Waals surface area contributed by atoms with Crippen LogP contribution in [0.25, 0.3) is 11.3 Å². The number of nitrogens with one attached hydrogen (secondary N) is 1.